The Labute approximate surface area is 437 Å². The van der Waals surface area contributed by atoms with Crippen LogP contribution in [0.25, 0.3) is 27.9 Å². The molecule has 0 radical (unpaired) electrons. The first-order valence-corrected chi connectivity index (χ1v) is 26.8. The van der Waals surface area contributed by atoms with Gasteiger partial charge in [0.15, 0.2) is 5.69 Å². The molecule has 2 aromatic carbocycles. The molecule has 0 unspecified atom stereocenters. The number of aromatic nitrogens is 10. The van der Waals surface area contributed by atoms with Crippen LogP contribution in [0.3, 0.4) is 0 Å². The first-order chi connectivity index (χ1) is 36.8. The summed E-state index contributed by atoms with van der Waals surface area (Å²) >= 11 is 0. The lowest BCUT2D eigenvalue weighted by Gasteiger charge is -2.27. The van der Waals surface area contributed by atoms with Gasteiger partial charge in [-0.05, 0) is 91.0 Å². The number of amides is 2. The van der Waals surface area contributed by atoms with Crippen molar-refractivity contribution in [1.82, 2.24) is 60.3 Å². The Hall–Kier alpha value is -8.14. The van der Waals surface area contributed by atoms with Gasteiger partial charge in [-0.3, -0.25) is 9.59 Å². The highest BCUT2D eigenvalue weighted by Crippen LogP contribution is 2.31. The number of tetrazole rings is 1. The molecule has 388 valence electrons. The van der Waals surface area contributed by atoms with E-state index in [1.165, 1.54) is 38.5 Å². The first-order valence-electron chi connectivity index (χ1n) is 26.8. The van der Waals surface area contributed by atoms with Gasteiger partial charge in [0.2, 0.25) is 29.5 Å². The van der Waals surface area contributed by atoms with Crippen LogP contribution in [0.4, 0.5) is 29.2 Å². The Morgan fingerprint density at radius 2 is 1.05 bits per heavy atom. The molecule has 0 spiro atoms. The molecule has 4 aliphatic carbocycles. The van der Waals surface area contributed by atoms with Crippen molar-refractivity contribution in [3.63, 3.8) is 0 Å². The van der Waals surface area contributed by atoms with Gasteiger partial charge in [0, 0.05) is 67.7 Å². The molecule has 11 rings (SSSR count). The number of hydrogen-bond donors (Lipinski definition) is 7. The minimum absolute atomic E-state index is 0.0272. The van der Waals surface area contributed by atoms with Gasteiger partial charge in [-0.25, -0.2) is 4.85 Å². The SMILES string of the molecule is O=C(NCc1ccc(-c2nn[nH]n2)cc1)[C@@H](CC1CCCCC1)Nc1cc(-n2cccc2)nc(NC2CC2)n1.[C-]#[N+]c1ccc(CNC(=O)[C@@H](CC2CCCCC2)Nc2cc(-n3cccc3)nc(NC3CC3)n2)cc1. The molecule has 75 heavy (non-hydrogen) atoms. The van der Waals surface area contributed by atoms with Gasteiger partial charge in [-0.15, -0.1) is 10.2 Å². The summed E-state index contributed by atoms with van der Waals surface area (Å²) in [6, 6.07) is 26.9. The highest BCUT2D eigenvalue weighted by Gasteiger charge is 2.29. The number of nitrogens with zero attached hydrogens (tertiary/aromatic N) is 10. The maximum atomic E-state index is 13.6. The molecule has 0 saturated heterocycles. The highest BCUT2D eigenvalue weighted by atomic mass is 16.2. The molecule has 5 heterocycles. The van der Waals surface area contributed by atoms with Crippen LogP contribution in [-0.2, 0) is 22.7 Å². The number of carbonyl (C=O) groups is 2. The summed E-state index contributed by atoms with van der Waals surface area (Å²) in [5.41, 5.74) is 3.44. The second-order valence-electron chi connectivity index (χ2n) is 20.4. The monoisotopic (exact) mass is 1010 g/mol. The smallest absolute Gasteiger partial charge is 0.242 e. The van der Waals surface area contributed by atoms with E-state index in [1.807, 2.05) is 107 Å². The fourth-order valence-electron chi connectivity index (χ4n) is 9.91. The summed E-state index contributed by atoms with van der Waals surface area (Å²) in [7, 11) is 0. The van der Waals surface area contributed by atoms with E-state index in [-0.39, 0.29) is 11.8 Å². The van der Waals surface area contributed by atoms with Crippen LogP contribution in [0, 0.1) is 18.4 Å². The Morgan fingerprint density at radius 1 is 0.600 bits per heavy atom. The van der Waals surface area contributed by atoms with E-state index in [2.05, 4.69) is 57.4 Å². The molecular weight excluding hydrogens is 943 g/mol. The average molecular weight is 1010 g/mol. The largest absolute Gasteiger partial charge is 0.358 e. The van der Waals surface area contributed by atoms with Gasteiger partial charge < -0.3 is 41.0 Å². The van der Waals surface area contributed by atoms with E-state index in [0.717, 1.165) is 92.5 Å². The van der Waals surface area contributed by atoms with E-state index in [4.69, 9.17) is 26.5 Å². The van der Waals surface area contributed by atoms with Crippen LogP contribution in [0.5, 0.6) is 0 Å². The summed E-state index contributed by atoms with van der Waals surface area (Å²) in [6.45, 7) is 7.97. The molecule has 5 aromatic heterocycles. The minimum Gasteiger partial charge on any atom is -0.358 e. The van der Waals surface area contributed by atoms with Crippen molar-refractivity contribution in [1.29, 1.82) is 0 Å². The van der Waals surface area contributed by atoms with Crippen molar-refractivity contribution in [2.45, 2.75) is 140 Å². The van der Waals surface area contributed by atoms with Gasteiger partial charge in [0.1, 0.15) is 35.4 Å². The van der Waals surface area contributed by atoms with Crippen LogP contribution in [0.15, 0.2) is 110 Å². The van der Waals surface area contributed by atoms with Gasteiger partial charge in [0.25, 0.3) is 0 Å². The number of nitrogens with one attached hydrogen (secondary N) is 7. The molecule has 2 amide bonds. The predicted octanol–water partition coefficient (Wildman–Crippen LogP) is 9.55. The number of H-pyrrole nitrogens is 1. The number of aromatic amines is 1. The number of rotatable bonds is 21. The minimum atomic E-state index is -0.395. The topological polar surface area (TPSA) is 227 Å². The maximum Gasteiger partial charge on any atom is 0.242 e. The lowest BCUT2D eigenvalue weighted by Crippen LogP contribution is -2.41. The summed E-state index contributed by atoms with van der Waals surface area (Å²) in [6.07, 6.45) is 26.0. The third-order valence-corrected chi connectivity index (χ3v) is 14.4. The van der Waals surface area contributed by atoms with Crippen LogP contribution in [0.1, 0.15) is 114 Å². The second-order valence-corrected chi connectivity index (χ2v) is 20.4. The van der Waals surface area contributed by atoms with Gasteiger partial charge in [-0.2, -0.15) is 25.1 Å². The van der Waals surface area contributed by atoms with Crippen LogP contribution >= 0.6 is 0 Å². The molecule has 7 N–H and O–H groups in total. The zero-order chi connectivity index (χ0) is 51.2. The molecule has 0 bridgehead atoms. The number of anilines is 4. The third-order valence-electron chi connectivity index (χ3n) is 14.4. The highest BCUT2D eigenvalue weighted by molar-refractivity contribution is 5.85. The second kappa shape index (κ2) is 24.7. The first kappa shape index (κ1) is 50.4. The summed E-state index contributed by atoms with van der Waals surface area (Å²) in [4.78, 5) is 49.3. The van der Waals surface area contributed by atoms with Crippen molar-refractivity contribution in [2.75, 3.05) is 21.3 Å². The molecule has 4 aliphatic rings. The summed E-state index contributed by atoms with van der Waals surface area (Å²) < 4.78 is 3.91. The van der Waals surface area contributed by atoms with E-state index >= 15 is 0 Å². The Morgan fingerprint density at radius 3 is 1.47 bits per heavy atom. The fraction of sp³-hybridized carbons (Fsp3) is 0.429. The number of carbonyl (C=O) groups excluding carboxylic acids is 2. The molecule has 19 nitrogen and oxygen atoms in total. The molecular formula is C56H67N17O2. The molecule has 4 saturated carbocycles. The Balaban J connectivity index is 0.000000172. The van der Waals surface area contributed by atoms with Crippen molar-refractivity contribution < 1.29 is 9.59 Å². The van der Waals surface area contributed by atoms with Crippen molar-refractivity contribution in [3.8, 4) is 23.0 Å². The summed E-state index contributed by atoms with van der Waals surface area (Å²) in [5, 5.41) is 34.1. The summed E-state index contributed by atoms with van der Waals surface area (Å²) in [5.74, 6) is 5.52. The predicted molar refractivity (Wildman–Crippen MR) is 289 cm³/mol. The van der Waals surface area contributed by atoms with Crippen molar-refractivity contribution in [3.05, 3.63) is 132 Å². The fourth-order valence-corrected chi connectivity index (χ4v) is 9.91. The Bertz CT molecular complexity index is 2940. The molecule has 0 aliphatic heterocycles. The average Bonchev–Trinajstić information content (AvgIpc) is 4.14. The maximum absolute atomic E-state index is 13.6. The van der Waals surface area contributed by atoms with E-state index < -0.39 is 12.1 Å². The van der Waals surface area contributed by atoms with Crippen molar-refractivity contribution in [2.24, 2.45) is 11.8 Å². The standard InChI is InChI=1S/C28H34N10O.C28H33N7O/c39-27(29-18-20-8-10-21(11-9-20)26-34-36-37-35-26)23(16-19-6-2-1-3-7-19)31-24-17-25(38-14-4-5-15-38)33-28(32-24)30-22-12-13-22;1-29-22-11-9-21(10-12-22)19-30-27(36)24(17-20-7-3-2-4-8-20)32-25-18-26(35-15-5-6-16-35)34-28(33-25)31-23-13-14-23/h4-5,8-11,14-15,17,19,22-23H,1-3,6-7,12-13,16,18H2,(H,29,39)(H2,30,31,32,33)(H,34,35,36,37);5-6,9-12,15-16,18,20,23-24H,2-4,7-8,13-14,17,19H2,(H,30,36)(H2,31,32,33,34)/t23-;24-/m11/s1. The van der Waals surface area contributed by atoms with Crippen LogP contribution < -0.4 is 31.9 Å². The Kier molecular flexibility index (Phi) is 16.6. The van der Waals surface area contributed by atoms with Gasteiger partial charge in [-0.1, -0.05) is 113 Å². The molecule has 7 aromatic rings. The van der Waals surface area contributed by atoms with Gasteiger partial charge >= 0.3 is 0 Å². The number of benzene rings is 2. The van der Waals surface area contributed by atoms with Crippen LogP contribution in [-0.4, -0.2) is 85.7 Å². The van der Waals surface area contributed by atoms with E-state index in [1.54, 1.807) is 12.1 Å². The zero-order valence-electron chi connectivity index (χ0n) is 42.4. The lowest BCUT2D eigenvalue weighted by molar-refractivity contribution is -0.123. The van der Waals surface area contributed by atoms with Crippen molar-refractivity contribution >= 4 is 41.0 Å². The van der Waals surface area contributed by atoms with Crippen LogP contribution in [0.2, 0.25) is 0 Å². The lowest BCUT2D eigenvalue weighted by atomic mass is 9.84. The zero-order valence-corrected chi connectivity index (χ0v) is 42.4. The number of hydrogen-bond acceptors (Lipinski definition) is 13. The molecule has 19 heteroatoms. The van der Waals surface area contributed by atoms with E-state index in [9.17, 15) is 9.59 Å². The quantitative estimate of drug-likeness (QED) is 0.0333. The van der Waals surface area contributed by atoms with E-state index in [0.29, 0.717) is 72.1 Å². The third kappa shape index (κ3) is 14.8. The normalized spacial score (nSPS) is 16.6. The molecule has 2 atom stereocenters. The molecule has 4 fully saturated rings. The van der Waals surface area contributed by atoms with Gasteiger partial charge in [0.05, 0.1) is 6.57 Å².